The molecule has 4 nitrogen and oxygen atoms in total. The van der Waals surface area contributed by atoms with Crippen molar-refractivity contribution in [2.75, 3.05) is 13.1 Å². The van der Waals surface area contributed by atoms with Crippen LogP contribution in [0, 0.1) is 10.7 Å². The van der Waals surface area contributed by atoms with E-state index in [1.807, 2.05) is 6.07 Å². The van der Waals surface area contributed by atoms with Gasteiger partial charge in [-0.05, 0) is 56.0 Å². The first-order valence-corrected chi connectivity index (χ1v) is 9.22. The number of aromatic nitrogens is 3. The molecule has 1 aromatic heterocycles. The molecule has 2 aromatic rings. The summed E-state index contributed by atoms with van der Waals surface area (Å²) >= 11 is 5.78. The normalized spacial score (nSPS) is 24.7. The van der Waals surface area contributed by atoms with Gasteiger partial charge < -0.3 is 4.90 Å². The van der Waals surface area contributed by atoms with Crippen molar-refractivity contribution in [3.63, 3.8) is 0 Å². The molecule has 2 aliphatic rings. The Morgan fingerprint density at radius 2 is 1.83 bits per heavy atom. The molecule has 2 fully saturated rings. The molecule has 0 unspecified atom stereocenters. The van der Waals surface area contributed by atoms with Crippen molar-refractivity contribution in [2.24, 2.45) is 5.92 Å². The molecule has 1 aliphatic carbocycles. The molecule has 5 heteroatoms. The van der Waals surface area contributed by atoms with Crippen molar-refractivity contribution < 1.29 is 4.90 Å². The maximum absolute atomic E-state index is 5.78. The van der Waals surface area contributed by atoms with Crippen LogP contribution in [-0.4, -0.2) is 27.4 Å². The minimum Gasteiger partial charge on any atom is -0.316 e. The Bertz CT molecular complexity index is 721. The van der Waals surface area contributed by atoms with Gasteiger partial charge >= 0.3 is 0 Å². The number of quaternary nitrogens is 1. The number of hydrogen-bond acceptors (Lipinski definition) is 2. The minimum absolute atomic E-state index is 0.592. The van der Waals surface area contributed by atoms with E-state index in [4.69, 9.17) is 17.3 Å². The summed E-state index contributed by atoms with van der Waals surface area (Å²) in [7, 11) is 0. The average Bonchev–Trinajstić information content (AvgIpc) is 3.36. The molecule has 0 radical (unpaired) electrons. The fourth-order valence-corrected chi connectivity index (χ4v) is 3.80. The predicted octanol–water partition coefficient (Wildman–Crippen LogP) is 2.55. The summed E-state index contributed by atoms with van der Waals surface area (Å²) in [4.78, 5) is 1.61. The molecule has 1 N–H and O–H groups in total. The van der Waals surface area contributed by atoms with E-state index in [1.54, 1.807) is 4.90 Å². The molecule has 0 spiro atoms. The molecular weight excluding hydrogens is 304 g/mol. The SMILES string of the molecule is CC1CC[NH+](Cn2nc(C3CC3)n(-c3ccccc3)c2=S)CC1. The lowest BCUT2D eigenvalue weighted by atomic mass is 10.00. The topological polar surface area (TPSA) is 27.2 Å². The first kappa shape index (κ1) is 15.1. The number of piperidine rings is 1. The predicted molar refractivity (Wildman–Crippen MR) is 93.5 cm³/mol. The van der Waals surface area contributed by atoms with Gasteiger partial charge in [-0.2, -0.15) is 9.78 Å². The van der Waals surface area contributed by atoms with Gasteiger partial charge in [0.1, 0.15) is 5.82 Å². The highest BCUT2D eigenvalue weighted by atomic mass is 32.1. The molecule has 0 bridgehead atoms. The first-order chi connectivity index (χ1) is 11.2. The van der Waals surface area contributed by atoms with Crippen LogP contribution in [0.1, 0.15) is 44.3 Å². The zero-order valence-corrected chi connectivity index (χ0v) is 14.6. The number of nitrogens with one attached hydrogen (secondary N) is 1. The highest BCUT2D eigenvalue weighted by Crippen LogP contribution is 2.40. The lowest BCUT2D eigenvalue weighted by Gasteiger charge is -2.26. The van der Waals surface area contributed by atoms with Crippen LogP contribution in [0.5, 0.6) is 0 Å². The van der Waals surface area contributed by atoms with E-state index in [9.17, 15) is 0 Å². The molecule has 2 heterocycles. The van der Waals surface area contributed by atoms with Crippen LogP contribution in [0.25, 0.3) is 5.69 Å². The Hall–Kier alpha value is -1.46. The second kappa shape index (κ2) is 6.21. The maximum atomic E-state index is 5.78. The van der Waals surface area contributed by atoms with E-state index in [2.05, 4.69) is 40.4 Å². The van der Waals surface area contributed by atoms with Gasteiger partial charge in [0.15, 0.2) is 6.67 Å². The number of likely N-dealkylation sites (tertiary alicyclic amines) is 1. The summed E-state index contributed by atoms with van der Waals surface area (Å²) in [6.45, 7) is 5.74. The summed E-state index contributed by atoms with van der Waals surface area (Å²) in [6, 6.07) is 10.4. The molecule has 23 heavy (non-hydrogen) atoms. The third-order valence-corrected chi connectivity index (χ3v) is 5.57. The highest BCUT2D eigenvalue weighted by Gasteiger charge is 2.31. The van der Waals surface area contributed by atoms with Crippen LogP contribution in [0.3, 0.4) is 0 Å². The molecular formula is C18H25N4S+. The van der Waals surface area contributed by atoms with Crippen LogP contribution in [0.2, 0.25) is 0 Å². The molecule has 1 aliphatic heterocycles. The quantitative estimate of drug-likeness (QED) is 0.873. The van der Waals surface area contributed by atoms with E-state index < -0.39 is 0 Å². The summed E-state index contributed by atoms with van der Waals surface area (Å²) < 4.78 is 5.12. The van der Waals surface area contributed by atoms with Crippen LogP contribution < -0.4 is 4.90 Å². The van der Waals surface area contributed by atoms with E-state index in [-0.39, 0.29) is 0 Å². The standard InChI is InChI=1S/C18H24N4S/c1-14-9-11-20(12-10-14)13-21-18(23)22(16-5-3-2-4-6-16)17(19-21)15-7-8-15/h2-6,14-15H,7-13H2,1H3/p+1. The smallest absolute Gasteiger partial charge is 0.207 e. The van der Waals surface area contributed by atoms with E-state index in [0.717, 1.165) is 28.9 Å². The van der Waals surface area contributed by atoms with Crippen LogP contribution in [0.4, 0.5) is 0 Å². The number of hydrogen-bond donors (Lipinski definition) is 1. The first-order valence-electron chi connectivity index (χ1n) is 8.81. The van der Waals surface area contributed by atoms with Gasteiger partial charge in [-0.15, -0.1) is 0 Å². The maximum Gasteiger partial charge on any atom is 0.207 e. The van der Waals surface area contributed by atoms with Gasteiger partial charge in [-0.1, -0.05) is 25.1 Å². The van der Waals surface area contributed by atoms with Crippen molar-refractivity contribution in [3.05, 3.63) is 40.9 Å². The number of rotatable bonds is 4. The lowest BCUT2D eigenvalue weighted by Crippen LogP contribution is -3.12. The van der Waals surface area contributed by atoms with Gasteiger partial charge in [-0.3, -0.25) is 4.57 Å². The minimum atomic E-state index is 0.592. The molecule has 0 amide bonds. The third kappa shape index (κ3) is 3.12. The van der Waals surface area contributed by atoms with Crippen LogP contribution >= 0.6 is 12.2 Å². The molecule has 4 rings (SSSR count). The Labute approximate surface area is 142 Å². The Kier molecular flexibility index (Phi) is 4.07. The Morgan fingerprint density at radius 3 is 2.48 bits per heavy atom. The Morgan fingerprint density at radius 1 is 1.13 bits per heavy atom. The summed E-state index contributed by atoms with van der Waals surface area (Å²) in [5.41, 5.74) is 1.15. The molecule has 1 saturated heterocycles. The largest absolute Gasteiger partial charge is 0.316 e. The third-order valence-electron chi connectivity index (χ3n) is 5.18. The zero-order chi connectivity index (χ0) is 15.8. The number of para-hydroxylation sites is 1. The molecule has 122 valence electrons. The van der Waals surface area contributed by atoms with Crippen molar-refractivity contribution in [3.8, 4) is 5.69 Å². The highest BCUT2D eigenvalue weighted by molar-refractivity contribution is 7.71. The van der Waals surface area contributed by atoms with Crippen molar-refractivity contribution in [2.45, 2.75) is 45.2 Å². The fourth-order valence-electron chi connectivity index (χ4n) is 3.49. The summed E-state index contributed by atoms with van der Waals surface area (Å²) in [5.74, 6) is 2.62. The van der Waals surface area contributed by atoms with Gasteiger partial charge in [0, 0.05) is 11.6 Å². The summed E-state index contributed by atoms with van der Waals surface area (Å²) in [6.07, 6.45) is 5.12. The van der Waals surface area contributed by atoms with Crippen molar-refractivity contribution in [1.29, 1.82) is 0 Å². The van der Waals surface area contributed by atoms with E-state index >= 15 is 0 Å². The average molecular weight is 329 g/mol. The van der Waals surface area contributed by atoms with Gasteiger partial charge in [-0.25, -0.2) is 0 Å². The van der Waals surface area contributed by atoms with Crippen molar-refractivity contribution >= 4 is 12.2 Å². The lowest BCUT2D eigenvalue weighted by molar-refractivity contribution is -0.929. The van der Waals surface area contributed by atoms with E-state index in [0.29, 0.717) is 5.92 Å². The Balaban J connectivity index is 1.65. The second-order valence-corrected chi connectivity index (χ2v) is 7.54. The number of nitrogens with zero attached hydrogens (tertiary/aromatic N) is 3. The molecule has 1 saturated carbocycles. The van der Waals surface area contributed by atoms with Gasteiger partial charge in [0.2, 0.25) is 4.77 Å². The monoisotopic (exact) mass is 329 g/mol. The van der Waals surface area contributed by atoms with Gasteiger partial charge in [0.05, 0.1) is 13.1 Å². The number of benzene rings is 1. The van der Waals surface area contributed by atoms with Crippen LogP contribution in [-0.2, 0) is 6.67 Å². The zero-order valence-electron chi connectivity index (χ0n) is 13.7. The molecule has 1 aromatic carbocycles. The van der Waals surface area contributed by atoms with Crippen LogP contribution in [0.15, 0.2) is 30.3 Å². The fraction of sp³-hybridized carbons (Fsp3) is 0.556. The van der Waals surface area contributed by atoms with Crippen molar-refractivity contribution in [1.82, 2.24) is 14.3 Å². The molecule has 0 atom stereocenters. The van der Waals surface area contributed by atoms with E-state index in [1.165, 1.54) is 38.8 Å². The summed E-state index contributed by atoms with van der Waals surface area (Å²) in [5, 5.41) is 4.92. The second-order valence-electron chi connectivity index (χ2n) is 7.18. The van der Waals surface area contributed by atoms with Gasteiger partial charge in [0.25, 0.3) is 0 Å².